The predicted molar refractivity (Wildman–Crippen MR) is 131 cm³/mol. The van der Waals surface area contributed by atoms with E-state index in [4.69, 9.17) is 15.6 Å². The van der Waals surface area contributed by atoms with Gasteiger partial charge in [0.2, 0.25) is 0 Å². The van der Waals surface area contributed by atoms with Crippen molar-refractivity contribution in [2.24, 2.45) is 0 Å². The number of rotatable bonds is 8. The average molecular weight is 487 g/mol. The van der Waals surface area contributed by atoms with Crippen molar-refractivity contribution in [3.8, 4) is 6.01 Å². The maximum atomic E-state index is 15.7. The van der Waals surface area contributed by atoms with Crippen molar-refractivity contribution in [1.82, 2.24) is 19.4 Å². The quantitative estimate of drug-likeness (QED) is 0.555. The highest BCUT2D eigenvalue weighted by molar-refractivity contribution is 5.86. The van der Waals surface area contributed by atoms with Crippen LogP contribution >= 0.6 is 0 Å². The van der Waals surface area contributed by atoms with Gasteiger partial charge in [0.1, 0.15) is 5.82 Å². The van der Waals surface area contributed by atoms with E-state index in [1.165, 1.54) is 18.3 Å². The van der Waals surface area contributed by atoms with E-state index in [1.807, 2.05) is 16.4 Å². The maximum Gasteiger partial charge on any atom is 0.297 e. The Morgan fingerprint density at radius 3 is 2.57 bits per heavy atom. The Hall–Kier alpha value is -3.14. The lowest BCUT2D eigenvalue weighted by Gasteiger charge is -2.40. The molecule has 8 nitrogen and oxygen atoms in total. The van der Waals surface area contributed by atoms with Gasteiger partial charge in [-0.1, -0.05) is 0 Å². The Morgan fingerprint density at radius 2 is 1.94 bits per heavy atom. The first kappa shape index (κ1) is 25.0. The number of halogens is 2. The Kier molecular flexibility index (Phi) is 7.59. The molecule has 2 aromatic rings. The highest BCUT2D eigenvalue weighted by atomic mass is 19.1. The second kappa shape index (κ2) is 10.6. The van der Waals surface area contributed by atoms with Gasteiger partial charge in [-0.15, -0.1) is 0 Å². The number of aromatic nitrogens is 2. The Morgan fingerprint density at radius 1 is 1.23 bits per heavy atom. The number of benzene rings is 1. The first-order chi connectivity index (χ1) is 16.9. The molecule has 2 fully saturated rings. The third kappa shape index (κ3) is 5.27. The van der Waals surface area contributed by atoms with E-state index in [-0.39, 0.29) is 24.7 Å². The molecule has 10 heteroatoms. The number of likely N-dealkylation sites (tertiary alicyclic amines) is 2. The number of alkyl halides is 1. The predicted octanol–water partition coefficient (Wildman–Crippen LogP) is 3.77. The minimum absolute atomic E-state index is 0.0219. The van der Waals surface area contributed by atoms with Crippen LogP contribution in [0.5, 0.6) is 6.01 Å². The van der Waals surface area contributed by atoms with Crippen LogP contribution in [0.15, 0.2) is 29.8 Å². The third-order valence-electron chi connectivity index (χ3n) is 6.93. The van der Waals surface area contributed by atoms with E-state index in [0.717, 1.165) is 11.7 Å². The fourth-order valence-corrected chi connectivity index (χ4v) is 5.04. The molecule has 0 bridgehead atoms. The second-order valence-electron chi connectivity index (χ2n) is 9.15. The van der Waals surface area contributed by atoms with Gasteiger partial charge in [0.15, 0.2) is 5.67 Å². The van der Waals surface area contributed by atoms with Crippen LogP contribution < -0.4 is 4.74 Å². The number of allylic oxidation sites excluding steroid dienone is 1. The Labute approximate surface area is 203 Å². The summed E-state index contributed by atoms with van der Waals surface area (Å²) in [7, 11) is 0. The van der Waals surface area contributed by atoms with Gasteiger partial charge < -0.3 is 20.5 Å². The number of fused-ring (bicyclic) bond motifs is 1. The van der Waals surface area contributed by atoms with Crippen molar-refractivity contribution in [1.29, 1.82) is 10.8 Å². The Balaban J connectivity index is 1.39. The van der Waals surface area contributed by atoms with E-state index in [2.05, 4.69) is 4.98 Å². The average Bonchev–Trinajstić information content (AvgIpc) is 3.22. The highest BCUT2D eigenvalue weighted by Gasteiger charge is 2.45. The molecule has 1 amide bonds. The fourth-order valence-electron chi connectivity index (χ4n) is 5.04. The molecule has 4 rings (SSSR count). The number of imidazole rings is 1. The van der Waals surface area contributed by atoms with Gasteiger partial charge >= 0.3 is 0 Å². The van der Waals surface area contributed by atoms with Gasteiger partial charge in [0.05, 0.1) is 17.6 Å². The third-order valence-corrected chi connectivity index (χ3v) is 6.93. The summed E-state index contributed by atoms with van der Waals surface area (Å²) in [6.07, 6.45) is 5.40. The molecule has 2 N–H and O–H groups in total. The number of hydrogen-bond acceptors (Lipinski definition) is 6. The summed E-state index contributed by atoms with van der Waals surface area (Å²) in [4.78, 5) is 21.2. The summed E-state index contributed by atoms with van der Waals surface area (Å²) in [6.45, 7) is 4.50. The normalized spacial score (nSPS) is 19.6. The first-order valence-electron chi connectivity index (χ1n) is 12.1. The summed E-state index contributed by atoms with van der Waals surface area (Å²) in [5.74, 6) is -0.801. The molecule has 0 aliphatic carbocycles. The molecule has 1 aromatic carbocycles. The van der Waals surface area contributed by atoms with Crippen molar-refractivity contribution in [3.63, 3.8) is 0 Å². The molecule has 0 atom stereocenters. The van der Waals surface area contributed by atoms with Gasteiger partial charge in [0.25, 0.3) is 11.9 Å². The van der Waals surface area contributed by atoms with E-state index in [0.29, 0.717) is 69.3 Å². The number of carbonyl (C=O) groups excluding carboxylic acids is 1. The van der Waals surface area contributed by atoms with Crippen molar-refractivity contribution in [2.45, 2.75) is 44.3 Å². The Bertz CT molecular complexity index is 1110. The lowest BCUT2D eigenvalue weighted by molar-refractivity contribution is -0.148. The van der Waals surface area contributed by atoms with Gasteiger partial charge in [-0.05, 0) is 43.5 Å². The van der Waals surface area contributed by atoms with Crippen LogP contribution in [0.25, 0.3) is 11.0 Å². The van der Waals surface area contributed by atoms with Crippen LogP contribution in [0.1, 0.15) is 38.6 Å². The smallest absolute Gasteiger partial charge is 0.297 e. The number of hydrogen-bond donors (Lipinski definition) is 2. The zero-order valence-electron chi connectivity index (χ0n) is 20.0. The molecule has 0 unspecified atom stereocenters. The lowest BCUT2D eigenvalue weighted by atomic mass is 9.90. The molecule has 2 aliphatic heterocycles. The number of nitrogens with zero attached hydrogens (tertiary/aromatic N) is 4. The standard InChI is InChI=1S/C25H32F2N6O2/c1-2-35-24-30-21-15-19(26)3-4-22(21)33(24)20-6-11-32(12-7-20)23(34)25(27)8-13-31(14-9-25)17-18(16-29)5-10-28/h3-5,10,15-16,20,28-29H,2,6-9,11-14,17H2,1H3/b18-5+,28-10?,29-16?. The number of ether oxygens (including phenoxy) is 1. The monoisotopic (exact) mass is 486 g/mol. The molecule has 2 saturated heterocycles. The molecule has 1 aromatic heterocycles. The number of piperidine rings is 2. The highest BCUT2D eigenvalue weighted by Crippen LogP contribution is 2.35. The van der Waals surface area contributed by atoms with Crippen LogP contribution in [-0.2, 0) is 4.79 Å². The van der Waals surface area contributed by atoms with Crippen molar-refractivity contribution in [2.75, 3.05) is 39.3 Å². The summed E-state index contributed by atoms with van der Waals surface area (Å²) in [5, 5.41) is 14.6. The van der Waals surface area contributed by atoms with Gasteiger partial charge in [-0.2, -0.15) is 4.98 Å². The van der Waals surface area contributed by atoms with Crippen LogP contribution in [0.4, 0.5) is 8.78 Å². The van der Waals surface area contributed by atoms with E-state index in [1.54, 1.807) is 17.0 Å². The number of carbonyl (C=O) groups is 1. The van der Waals surface area contributed by atoms with Crippen LogP contribution in [-0.4, -0.2) is 82.7 Å². The maximum absolute atomic E-state index is 15.7. The minimum atomic E-state index is -1.88. The fraction of sp³-hybridized carbons (Fsp3) is 0.520. The molecule has 188 valence electrons. The molecular weight excluding hydrogens is 454 g/mol. The van der Waals surface area contributed by atoms with E-state index < -0.39 is 11.6 Å². The number of amides is 1. The number of nitrogens with one attached hydrogen (secondary N) is 2. The van der Waals surface area contributed by atoms with Crippen LogP contribution in [0.2, 0.25) is 0 Å². The van der Waals surface area contributed by atoms with Crippen LogP contribution in [0, 0.1) is 16.6 Å². The van der Waals surface area contributed by atoms with Crippen molar-refractivity contribution < 1.29 is 18.3 Å². The molecule has 0 saturated carbocycles. The first-order valence-corrected chi connectivity index (χ1v) is 12.1. The molecule has 3 heterocycles. The molecule has 35 heavy (non-hydrogen) atoms. The summed E-state index contributed by atoms with van der Waals surface area (Å²) in [5.41, 5.74) is 0.120. The summed E-state index contributed by atoms with van der Waals surface area (Å²) < 4.78 is 37.1. The van der Waals surface area contributed by atoms with Crippen molar-refractivity contribution >= 4 is 29.4 Å². The molecular formula is C25H32F2N6O2. The van der Waals surface area contributed by atoms with E-state index >= 15 is 4.39 Å². The van der Waals surface area contributed by atoms with Gasteiger partial charge in [-0.25, -0.2) is 8.78 Å². The zero-order chi connectivity index (χ0) is 25.0. The van der Waals surface area contributed by atoms with Crippen LogP contribution in [0.3, 0.4) is 0 Å². The topological polar surface area (TPSA) is 98.3 Å². The minimum Gasteiger partial charge on any atom is -0.465 e. The zero-order valence-corrected chi connectivity index (χ0v) is 20.0. The van der Waals surface area contributed by atoms with Crippen molar-refractivity contribution in [3.05, 3.63) is 35.7 Å². The SMILES string of the molecule is CCOc1nc2cc(F)ccc2n1C1CCN(C(=O)C2(F)CCN(C/C(C=N)=C/C=N)CC2)CC1. The summed E-state index contributed by atoms with van der Waals surface area (Å²) >= 11 is 0. The largest absolute Gasteiger partial charge is 0.465 e. The molecule has 0 spiro atoms. The second-order valence-corrected chi connectivity index (χ2v) is 9.15. The molecule has 0 radical (unpaired) electrons. The van der Waals surface area contributed by atoms with Gasteiger partial charge in [0, 0.05) is 70.1 Å². The summed E-state index contributed by atoms with van der Waals surface area (Å²) in [6, 6.07) is 4.95. The van der Waals surface area contributed by atoms with Gasteiger partial charge in [-0.3, -0.25) is 14.3 Å². The molecule has 2 aliphatic rings. The lowest BCUT2D eigenvalue weighted by Crippen LogP contribution is -2.54. The van der Waals surface area contributed by atoms with E-state index in [9.17, 15) is 9.18 Å².